The predicted molar refractivity (Wildman–Crippen MR) is 109 cm³/mol. The van der Waals surface area contributed by atoms with Crippen molar-refractivity contribution in [1.29, 1.82) is 0 Å². The second kappa shape index (κ2) is 8.06. The van der Waals surface area contributed by atoms with Crippen molar-refractivity contribution in [3.8, 4) is 0 Å². The summed E-state index contributed by atoms with van der Waals surface area (Å²) in [5, 5.41) is 0. The molecule has 0 unspecified atom stereocenters. The summed E-state index contributed by atoms with van der Waals surface area (Å²) in [7, 11) is 0. The van der Waals surface area contributed by atoms with Crippen molar-refractivity contribution in [2.75, 3.05) is 0 Å². The highest BCUT2D eigenvalue weighted by atomic mass is 19.4. The van der Waals surface area contributed by atoms with Crippen LogP contribution in [0.5, 0.6) is 0 Å². The van der Waals surface area contributed by atoms with Gasteiger partial charge in [0, 0.05) is 5.41 Å². The molecule has 0 aliphatic rings. The van der Waals surface area contributed by atoms with Crippen molar-refractivity contribution in [3.63, 3.8) is 0 Å². The Kier molecular flexibility index (Phi) is 5.96. The van der Waals surface area contributed by atoms with Crippen LogP contribution in [0.15, 0.2) is 66.7 Å². The van der Waals surface area contributed by atoms with Crippen LogP contribution in [0.1, 0.15) is 45.9 Å². The van der Waals surface area contributed by atoms with Crippen molar-refractivity contribution < 1.29 is 26.3 Å². The zero-order valence-electron chi connectivity index (χ0n) is 17.3. The Bertz CT molecular complexity index is 964. The molecule has 0 saturated heterocycles. The first-order valence-electron chi connectivity index (χ1n) is 9.73. The fraction of sp³-hybridized carbons (Fsp3) is 0.280. The van der Waals surface area contributed by atoms with E-state index in [0.29, 0.717) is 11.1 Å². The van der Waals surface area contributed by atoms with Gasteiger partial charge in [-0.15, -0.1) is 0 Å². The number of rotatable bonds is 4. The quantitative estimate of drug-likeness (QED) is 0.365. The van der Waals surface area contributed by atoms with E-state index in [1.807, 2.05) is 38.1 Å². The number of hydrogen-bond acceptors (Lipinski definition) is 0. The lowest BCUT2D eigenvalue weighted by atomic mass is 9.70. The molecule has 3 rings (SSSR count). The van der Waals surface area contributed by atoms with Gasteiger partial charge < -0.3 is 0 Å². The SMILES string of the molecule is Cc1ccc(C(C)(Cc2c(C(F)(F)F)cccc2C(F)(F)F)c2ccc(C)cc2)cc1. The first kappa shape index (κ1) is 22.9. The standard InChI is InChI=1S/C25H22F6/c1-16-7-11-18(12-8-16)23(3,19-13-9-17(2)10-14-19)15-20-21(24(26,27)28)5-4-6-22(20)25(29,30)31/h4-14H,15H2,1-3H3. The number of hydrogen-bond donors (Lipinski definition) is 0. The molecular weight excluding hydrogens is 414 g/mol. The molecule has 3 aromatic rings. The molecule has 0 saturated carbocycles. The van der Waals surface area contributed by atoms with Gasteiger partial charge in [0.1, 0.15) is 0 Å². The lowest BCUT2D eigenvalue weighted by molar-refractivity contribution is -0.144. The lowest BCUT2D eigenvalue weighted by Gasteiger charge is -2.33. The van der Waals surface area contributed by atoms with Crippen LogP contribution in [-0.2, 0) is 24.2 Å². The highest BCUT2D eigenvalue weighted by Gasteiger charge is 2.43. The Morgan fingerprint density at radius 1 is 0.581 bits per heavy atom. The fourth-order valence-corrected chi connectivity index (χ4v) is 3.88. The Labute approximate surface area is 177 Å². The van der Waals surface area contributed by atoms with Gasteiger partial charge in [0.05, 0.1) is 11.1 Å². The molecule has 0 bridgehead atoms. The van der Waals surface area contributed by atoms with Gasteiger partial charge in [0.15, 0.2) is 0 Å². The molecule has 0 atom stereocenters. The van der Waals surface area contributed by atoms with Crippen LogP contribution in [0, 0.1) is 13.8 Å². The van der Waals surface area contributed by atoms with E-state index in [4.69, 9.17) is 0 Å². The maximum Gasteiger partial charge on any atom is 0.416 e. The summed E-state index contributed by atoms with van der Waals surface area (Å²) in [6, 6.07) is 16.5. The smallest absolute Gasteiger partial charge is 0.166 e. The van der Waals surface area contributed by atoms with Crippen LogP contribution in [0.25, 0.3) is 0 Å². The van der Waals surface area contributed by atoms with Gasteiger partial charge in [-0.3, -0.25) is 0 Å². The van der Waals surface area contributed by atoms with Gasteiger partial charge >= 0.3 is 12.4 Å². The van der Waals surface area contributed by atoms with E-state index in [-0.39, 0.29) is 0 Å². The van der Waals surface area contributed by atoms with Gasteiger partial charge in [-0.05, 0) is 49.1 Å². The van der Waals surface area contributed by atoms with Gasteiger partial charge in [0.25, 0.3) is 0 Å². The van der Waals surface area contributed by atoms with Gasteiger partial charge in [-0.25, -0.2) is 0 Å². The number of halogens is 6. The van der Waals surface area contributed by atoms with Crippen LogP contribution < -0.4 is 0 Å². The fourth-order valence-electron chi connectivity index (χ4n) is 3.88. The van der Waals surface area contributed by atoms with E-state index in [0.717, 1.165) is 29.3 Å². The molecule has 0 fully saturated rings. The van der Waals surface area contributed by atoms with Crippen LogP contribution in [0.2, 0.25) is 0 Å². The van der Waals surface area contributed by atoms with E-state index in [9.17, 15) is 26.3 Å². The summed E-state index contributed by atoms with van der Waals surface area (Å²) in [5.41, 5.74) is -1.18. The maximum atomic E-state index is 13.7. The highest BCUT2D eigenvalue weighted by molar-refractivity contribution is 5.47. The first-order valence-corrected chi connectivity index (χ1v) is 9.73. The average molecular weight is 436 g/mol. The number of benzene rings is 3. The Morgan fingerprint density at radius 3 is 1.26 bits per heavy atom. The first-order chi connectivity index (χ1) is 14.3. The Morgan fingerprint density at radius 2 is 0.935 bits per heavy atom. The largest absolute Gasteiger partial charge is 0.416 e. The van der Waals surface area contributed by atoms with Gasteiger partial charge in [-0.1, -0.05) is 72.6 Å². The minimum absolute atomic E-state index is 0.455. The van der Waals surface area contributed by atoms with E-state index >= 15 is 0 Å². The molecule has 6 heteroatoms. The highest BCUT2D eigenvalue weighted by Crippen LogP contribution is 2.44. The van der Waals surface area contributed by atoms with E-state index < -0.39 is 40.9 Å². The third-order valence-corrected chi connectivity index (χ3v) is 5.69. The number of alkyl halides is 6. The second-order valence-electron chi connectivity index (χ2n) is 8.07. The van der Waals surface area contributed by atoms with Crippen LogP contribution in [0.3, 0.4) is 0 Å². The normalized spacial score (nSPS) is 12.8. The van der Waals surface area contributed by atoms with Crippen LogP contribution >= 0.6 is 0 Å². The Hall–Kier alpha value is -2.76. The molecule has 0 spiro atoms. The molecule has 0 heterocycles. The van der Waals surface area contributed by atoms with Crippen molar-refractivity contribution >= 4 is 0 Å². The Balaban J connectivity index is 2.28. The van der Waals surface area contributed by atoms with Gasteiger partial charge in [0.2, 0.25) is 0 Å². The predicted octanol–water partition coefficient (Wildman–Crippen LogP) is 7.89. The van der Waals surface area contributed by atoms with Crippen molar-refractivity contribution in [3.05, 3.63) is 106 Å². The van der Waals surface area contributed by atoms with E-state index in [2.05, 4.69) is 0 Å². The number of aryl methyl sites for hydroxylation is 2. The minimum Gasteiger partial charge on any atom is -0.166 e. The van der Waals surface area contributed by atoms with Crippen molar-refractivity contribution in [1.82, 2.24) is 0 Å². The topological polar surface area (TPSA) is 0 Å². The molecule has 3 aromatic carbocycles. The van der Waals surface area contributed by atoms with Crippen LogP contribution in [-0.4, -0.2) is 0 Å². The summed E-state index contributed by atoms with van der Waals surface area (Å²) in [5.74, 6) is 0. The third kappa shape index (κ3) is 4.78. The molecule has 0 aliphatic carbocycles. The molecule has 0 N–H and O–H groups in total. The summed E-state index contributed by atoms with van der Waals surface area (Å²) < 4.78 is 82.4. The van der Waals surface area contributed by atoms with E-state index in [1.54, 1.807) is 31.2 Å². The molecule has 0 radical (unpaired) electrons. The summed E-state index contributed by atoms with van der Waals surface area (Å²) in [4.78, 5) is 0. The molecule has 0 aliphatic heterocycles. The third-order valence-electron chi connectivity index (χ3n) is 5.69. The van der Waals surface area contributed by atoms with Gasteiger partial charge in [-0.2, -0.15) is 26.3 Å². The van der Waals surface area contributed by atoms with Crippen molar-refractivity contribution in [2.24, 2.45) is 0 Å². The summed E-state index contributed by atoms with van der Waals surface area (Å²) >= 11 is 0. The maximum absolute atomic E-state index is 13.7. The summed E-state index contributed by atoms with van der Waals surface area (Å²) in [6.45, 7) is 5.43. The minimum atomic E-state index is -4.90. The molecule has 164 valence electrons. The van der Waals surface area contributed by atoms with Crippen LogP contribution in [0.4, 0.5) is 26.3 Å². The average Bonchev–Trinajstić information content (AvgIpc) is 2.67. The zero-order chi connectivity index (χ0) is 23.0. The van der Waals surface area contributed by atoms with E-state index in [1.165, 1.54) is 0 Å². The molecular formula is C25H22F6. The van der Waals surface area contributed by atoms with Crippen molar-refractivity contribution in [2.45, 2.75) is 45.0 Å². The molecule has 0 nitrogen and oxygen atoms in total. The monoisotopic (exact) mass is 436 g/mol. The lowest BCUT2D eigenvalue weighted by Crippen LogP contribution is -2.30. The molecule has 0 amide bonds. The molecule has 31 heavy (non-hydrogen) atoms. The zero-order valence-corrected chi connectivity index (χ0v) is 17.3. The second-order valence-corrected chi connectivity index (χ2v) is 8.07. The molecule has 0 aromatic heterocycles. The summed E-state index contributed by atoms with van der Waals surface area (Å²) in [6.07, 6.45) is -10.3.